The summed E-state index contributed by atoms with van der Waals surface area (Å²) in [6, 6.07) is 9.68. The van der Waals surface area contributed by atoms with Gasteiger partial charge < -0.3 is 10.4 Å². The average Bonchev–Trinajstić information content (AvgIpc) is 3.07. The first kappa shape index (κ1) is 17.5. The van der Waals surface area contributed by atoms with E-state index < -0.39 is 12.1 Å². The van der Waals surface area contributed by atoms with Crippen LogP contribution in [-0.4, -0.2) is 23.0 Å². The van der Waals surface area contributed by atoms with Crippen LogP contribution in [0, 0.1) is 11.8 Å². The van der Waals surface area contributed by atoms with Gasteiger partial charge in [0.25, 0.3) is 0 Å². The van der Waals surface area contributed by atoms with Crippen LogP contribution >= 0.6 is 0 Å². The fourth-order valence-electron chi connectivity index (χ4n) is 3.53. The molecule has 0 bridgehead atoms. The lowest BCUT2D eigenvalue weighted by Gasteiger charge is -2.25. The molecule has 0 radical (unpaired) electrons. The van der Waals surface area contributed by atoms with E-state index in [9.17, 15) is 9.59 Å². The molecule has 1 aliphatic carbocycles. The van der Waals surface area contributed by atoms with Crippen LogP contribution < -0.4 is 5.32 Å². The van der Waals surface area contributed by atoms with Crippen LogP contribution in [0.5, 0.6) is 0 Å². The number of aryl methyl sites for hydroxylation is 1. The summed E-state index contributed by atoms with van der Waals surface area (Å²) in [6.07, 6.45) is 5.65. The Morgan fingerprint density at radius 1 is 1.22 bits per heavy atom. The Balaban J connectivity index is 1.89. The van der Waals surface area contributed by atoms with Crippen molar-refractivity contribution >= 4 is 11.9 Å². The predicted molar refractivity (Wildman–Crippen MR) is 90.5 cm³/mol. The molecule has 23 heavy (non-hydrogen) atoms. The third-order valence-electron chi connectivity index (χ3n) is 4.88. The van der Waals surface area contributed by atoms with Crippen LogP contribution in [-0.2, 0) is 11.2 Å². The van der Waals surface area contributed by atoms with E-state index in [4.69, 9.17) is 5.11 Å². The van der Waals surface area contributed by atoms with Gasteiger partial charge in [-0.25, -0.2) is 4.79 Å². The molecule has 1 amide bonds. The highest BCUT2D eigenvalue weighted by molar-refractivity contribution is 5.89. The molecule has 2 rings (SSSR count). The number of amides is 1. The van der Waals surface area contributed by atoms with Crippen LogP contribution in [0.4, 0.5) is 4.79 Å². The monoisotopic (exact) mass is 317 g/mol. The first-order valence-electron chi connectivity index (χ1n) is 8.65. The fraction of sp³-hybridized carbons (Fsp3) is 0.579. The van der Waals surface area contributed by atoms with E-state index in [0.29, 0.717) is 0 Å². The number of Topliss-reactive ketones (excluding diaryl/α,β-unsaturated/α-hetero) is 1. The first-order chi connectivity index (χ1) is 11.1. The molecule has 126 valence electrons. The van der Waals surface area contributed by atoms with Crippen LogP contribution in [0.15, 0.2) is 30.3 Å². The Labute approximate surface area is 138 Å². The Morgan fingerprint density at radius 3 is 2.48 bits per heavy atom. The Hall–Kier alpha value is -1.84. The largest absolute Gasteiger partial charge is 0.465 e. The molecule has 0 spiro atoms. The van der Waals surface area contributed by atoms with Crippen molar-refractivity contribution in [2.24, 2.45) is 11.8 Å². The Kier molecular flexibility index (Phi) is 6.63. The van der Waals surface area contributed by atoms with Gasteiger partial charge in [0.1, 0.15) is 0 Å². The number of hydrogen-bond acceptors (Lipinski definition) is 2. The van der Waals surface area contributed by atoms with Crippen molar-refractivity contribution in [2.45, 2.75) is 57.9 Å². The van der Waals surface area contributed by atoms with E-state index in [-0.39, 0.29) is 17.6 Å². The van der Waals surface area contributed by atoms with E-state index in [1.54, 1.807) is 0 Å². The average molecular weight is 317 g/mol. The van der Waals surface area contributed by atoms with Crippen LogP contribution in [0.1, 0.15) is 51.0 Å². The number of rotatable bonds is 8. The molecule has 1 saturated carbocycles. The van der Waals surface area contributed by atoms with Gasteiger partial charge in [0, 0.05) is 5.92 Å². The molecule has 1 aromatic carbocycles. The number of carbonyl (C=O) groups is 2. The summed E-state index contributed by atoms with van der Waals surface area (Å²) in [4.78, 5) is 23.7. The smallest absolute Gasteiger partial charge is 0.405 e. The second-order valence-electron chi connectivity index (χ2n) is 6.67. The zero-order valence-electron chi connectivity index (χ0n) is 13.8. The summed E-state index contributed by atoms with van der Waals surface area (Å²) in [5.74, 6) is 0.170. The van der Waals surface area contributed by atoms with Gasteiger partial charge in [-0.2, -0.15) is 0 Å². The number of hydrogen-bond donors (Lipinski definition) is 2. The maximum absolute atomic E-state index is 12.6. The third kappa shape index (κ3) is 5.38. The van der Waals surface area contributed by atoms with Crippen molar-refractivity contribution in [3.05, 3.63) is 35.9 Å². The van der Waals surface area contributed by atoms with E-state index >= 15 is 0 Å². The quantitative estimate of drug-likeness (QED) is 0.760. The van der Waals surface area contributed by atoms with Gasteiger partial charge >= 0.3 is 6.09 Å². The number of carbonyl (C=O) groups excluding carboxylic acids is 1. The predicted octanol–water partition coefficient (Wildman–Crippen LogP) is 4.04. The highest BCUT2D eigenvalue weighted by Gasteiger charge is 2.33. The molecule has 0 aliphatic heterocycles. The summed E-state index contributed by atoms with van der Waals surface area (Å²) >= 11 is 0. The van der Waals surface area contributed by atoms with E-state index in [0.717, 1.165) is 44.9 Å². The van der Waals surface area contributed by atoms with Crippen molar-refractivity contribution in [2.75, 3.05) is 0 Å². The molecule has 1 aliphatic rings. The van der Waals surface area contributed by atoms with Gasteiger partial charge in [-0.15, -0.1) is 0 Å². The van der Waals surface area contributed by atoms with Crippen LogP contribution in [0.3, 0.4) is 0 Å². The maximum atomic E-state index is 12.6. The second kappa shape index (κ2) is 8.70. The maximum Gasteiger partial charge on any atom is 0.405 e. The molecule has 0 aromatic heterocycles. The minimum atomic E-state index is -1.10. The van der Waals surface area contributed by atoms with Gasteiger partial charge in [0.15, 0.2) is 5.78 Å². The Bertz CT molecular complexity index is 509. The fourth-order valence-corrected chi connectivity index (χ4v) is 3.53. The normalized spacial score (nSPS) is 17.6. The molecule has 2 atom stereocenters. The Morgan fingerprint density at radius 2 is 1.87 bits per heavy atom. The van der Waals surface area contributed by atoms with Crippen molar-refractivity contribution in [1.29, 1.82) is 0 Å². The van der Waals surface area contributed by atoms with Crippen molar-refractivity contribution in [1.82, 2.24) is 5.32 Å². The number of nitrogens with one attached hydrogen (secondary N) is 1. The molecular weight excluding hydrogens is 290 g/mol. The summed E-state index contributed by atoms with van der Waals surface area (Å²) in [5.41, 5.74) is 1.28. The van der Waals surface area contributed by atoms with E-state index in [2.05, 4.69) is 17.4 Å². The van der Waals surface area contributed by atoms with Gasteiger partial charge in [-0.3, -0.25) is 4.79 Å². The minimum Gasteiger partial charge on any atom is -0.465 e. The summed E-state index contributed by atoms with van der Waals surface area (Å²) in [7, 11) is 0. The molecule has 2 unspecified atom stereocenters. The standard InChI is InChI=1S/C19H27NO3/c1-14(8-7-11-15-9-3-2-4-10-15)17(20-19(22)23)18(21)16-12-5-6-13-16/h2-4,9-10,14,16-17,20H,5-8,11-13H2,1H3,(H,22,23). The molecule has 4 heteroatoms. The summed E-state index contributed by atoms with van der Waals surface area (Å²) < 4.78 is 0. The third-order valence-corrected chi connectivity index (χ3v) is 4.88. The highest BCUT2D eigenvalue weighted by atomic mass is 16.4. The first-order valence-corrected chi connectivity index (χ1v) is 8.65. The molecular formula is C19H27NO3. The van der Waals surface area contributed by atoms with E-state index in [1.165, 1.54) is 5.56 Å². The molecule has 2 N–H and O–H groups in total. The number of benzene rings is 1. The van der Waals surface area contributed by atoms with Crippen molar-refractivity contribution in [3.63, 3.8) is 0 Å². The van der Waals surface area contributed by atoms with Crippen molar-refractivity contribution < 1.29 is 14.7 Å². The lowest BCUT2D eigenvalue weighted by atomic mass is 9.86. The molecule has 1 fully saturated rings. The zero-order valence-corrected chi connectivity index (χ0v) is 13.8. The highest BCUT2D eigenvalue weighted by Crippen LogP contribution is 2.28. The number of carboxylic acid groups (broad SMARTS) is 1. The summed E-state index contributed by atoms with van der Waals surface area (Å²) in [6.45, 7) is 1.98. The number of ketones is 1. The molecule has 4 nitrogen and oxygen atoms in total. The summed E-state index contributed by atoms with van der Waals surface area (Å²) in [5, 5.41) is 11.5. The van der Waals surface area contributed by atoms with Crippen molar-refractivity contribution in [3.8, 4) is 0 Å². The van der Waals surface area contributed by atoms with E-state index in [1.807, 2.05) is 25.1 Å². The lowest BCUT2D eigenvalue weighted by Crippen LogP contribution is -2.46. The SMILES string of the molecule is CC(CCCc1ccccc1)C(NC(=O)O)C(=O)C1CCCC1. The molecule has 0 heterocycles. The topological polar surface area (TPSA) is 66.4 Å². The molecule has 1 aromatic rings. The molecule has 0 saturated heterocycles. The van der Waals surface area contributed by atoms with Crippen LogP contribution in [0.25, 0.3) is 0 Å². The zero-order chi connectivity index (χ0) is 16.7. The second-order valence-corrected chi connectivity index (χ2v) is 6.67. The van der Waals surface area contributed by atoms with Gasteiger partial charge in [0.2, 0.25) is 0 Å². The minimum absolute atomic E-state index is 0.0305. The lowest BCUT2D eigenvalue weighted by molar-refractivity contribution is -0.125. The van der Waals surface area contributed by atoms with Gasteiger partial charge in [-0.1, -0.05) is 50.1 Å². The van der Waals surface area contributed by atoms with Gasteiger partial charge in [-0.05, 0) is 43.6 Å². The van der Waals surface area contributed by atoms with Crippen LogP contribution in [0.2, 0.25) is 0 Å². The van der Waals surface area contributed by atoms with Gasteiger partial charge in [0.05, 0.1) is 6.04 Å².